The molecule has 1 heterocycles. The summed E-state index contributed by atoms with van der Waals surface area (Å²) in [5.41, 5.74) is 4.35. The summed E-state index contributed by atoms with van der Waals surface area (Å²) in [5.74, 6) is 2.86. The van der Waals surface area contributed by atoms with Gasteiger partial charge in [-0.2, -0.15) is 11.8 Å². The van der Waals surface area contributed by atoms with E-state index in [2.05, 4.69) is 18.3 Å². The largest absolute Gasteiger partial charge is 0.449 e. The van der Waals surface area contributed by atoms with Crippen LogP contribution in [-0.2, 0) is 11.3 Å². The molecule has 0 bridgehead atoms. The van der Waals surface area contributed by atoms with E-state index in [0.29, 0.717) is 24.4 Å². The van der Waals surface area contributed by atoms with E-state index in [1.165, 1.54) is 18.6 Å². The molecule has 0 aliphatic carbocycles. The van der Waals surface area contributed by atoms with Gasteiger partial charge in [0.25, 0.3) is 11.8 Å². The van der Waals surface area contributed by atoms with Gasteiger partial charge < -0.3 is 10.1 Å². The zero-order chi connectivity index (χ0) is 26.0. The van der Waals surface area contributed by atoms with E-state index in [0.717, 1.165) is 34.6 Å². The number of fused-ring (bicyclic) bond motifs is 1. The van der Waals surface area contributed by atoms with Gasteiger partial charge in [-0.1, -0.05) is 67.4 Å². The lowest BCUT2D eigenvalue weighted by molar-refractivity contribution is -0.117. The van der Waals surface area contributed by atoms with Crippen LogP contribution in [0.2, 0.25) is 0 Å². The zero-order valence-electron chi connectivity index (χ0n) is 21.5. The Bertz CT molecular complexity index is 1250. The first-order valence-corrected chi connectivity index (χ1v) is 14.0. The molecule has 1 N–H and O–H groups in total. The van der Waals surface area contributed by atoms with Gasteiger partial charge in [0.2, 0.25) is 0 Å². The van der Waals surface area contributed by atoms with E-state index in [1.807, 2.05) is 73.3 Å². The quantitative estimate of drug-likeness (QED) is 0.231. The van der Waals surface area contributed by atoms with Crippen LogP contribution in [0.25, 0.3) is 6.08 Å². The number of unbranched alkanes of at least 4 members (excludes halogenated alkanes) is 1. The number of anilines is 1. The molecule has 37 heavy (non-hydrogen) atoms. The number of benzene rings is 3. The Kier molecular flexibility index (Phi) is 9.44. The van der Waals surface area contributed by atoms with Gasteiger partial charge in [0.15, 0.2) is 11.5 Å². The SMILES string of the molecule is CCCCSCCCNC(=O)c1ccc(C=C2Oc3ccccc3N(Cc3cccc(C)c3)C2=O)cc1. The van der Waals surface area contributed by atoms with Gasteiger partial charge in [-0.3, -0.25) is 14.5 Å². The van der Waals surface area contributed by atoms with Crippen molar-refractivity contribution in [3.8, 4) is 5.75 Å². The molecule has 0 fully saturated rings. The number of para-hydroxylation sites is 2. The molecular formula is C31H34N2O3S. The number of carbonyl (C=O) groups is 2. The van der Waals surface area contributed by atoms with Gasteiger partial charge >= 0.3 is 0 Å². The van der Waals surface area contributed by atoms with Crippen LogP contribution < -0.4 is 15.0 Å². The van der Waals surface area contributed by atoms with Crippen LogP contribution in [0.3, 0.4) is 0 Å². The van der Waals surface area contributed by atoms with Crippen LogP contribution >= 0.6 is 11.8 Å². The Balaban J connectivity index is 1.42. The van der Waals surface area contributed by atoms with Crippen LogP contribution in [0.15, 0.2) is 78.6 Å². The lowest BCUT2D eigenvalue weighted by Gasteiger charge is -2.30. The molecule has 0 saturated carbocycles. The number of aryl methyl sites for hydroxylation is 1. The van der Waals surface area contributed by atoms with E-state index in [9.17, 15) is 9.59 Å². The monoisotopic (exact) mass is 514 g/mol. The van der Waals surface area contributed by atoms with Gasteiger partial charge in [0.1, 0.15) is 0 Å². The van der Waals surface area contributed by atoms with Crippen molar-refractivity contribution in [2.24, 2.45) is 0 Å². The van der Waals surface area contributed by atoms with Crippen molar-refractivity contribution in [1.29, 1.82) is 0 Å². The number of thioether (sulfide) groups is 1. The number of amides is 2. The topological polar surface area (TPSA) is 58.6 Å². The van der Waals surface area contributed by atoms with Crippen molar-refractivity contribution >= 4 is 35.3 Å². The summed E-state index contributed by atoms with van der Waals surface area (Å²) in [6, 6.07) is 23.0. The third-order valence-corrected chi connectivity index (χ3v) is 7.27. The molecule has 0 unspecified atom stereocenters. The lowest BCUT2D eigenvalue weighted by atomic mass is 10.1. The summed E-state index contributed by atoms with van der Waals surface area (Å²) in [4.78, 5) is 27.7. The number of nitrogens with zero attached hydrogens (tertiary/aromatic N) is 1. The highest BCUT2D eigenvalue weighted by Crippen LogP contribution is 2.36. The van der Waals surface area contributed by atoms with Gasteiger partial charge in [-0.05, 0) is 72.7 Å². The molecule has 1 aliphatic rings. The zero-order valence-corrected chi connectivity index (χ0v) is 22.4. The molecule has 4 rings (SSSR count). The average molecular weight is 515 g/mol. The molecule has 3 aromatic rings. The fraction of sp³-hybridized carbons (Fsp3) is 0.290. The first-order valence-electron chi connectivity index (χ1n) is 12.9. The van der Waals surface area contributed by atoms with Crippen LogP contribution in [0.1, 0.15) is 53.2 Å². The van der Waals surface area contributed by atoms with Gasteiger partial charge in [-0.15, -0.1) is 0 Å². The Morgan fingerprint density at radius 1 is 1.00 bits per heavy atom. The molecule has 0 aromatic heterocycles. The third kappa shape index (κ3) is 7.26. The number of carbonyl (C=O) groups excluding carboxylic acids is 2. The second kappa shape index (κ2) is 13.2. The number of ether oxygens (including phenoxy) is 1. The molecule has 2 amide bonds. The molecule has 0 spiro atoms. The van der Waals surface area contributed by atoms with E-state index in [1.54, 1.807) is 23.1 Å². The second-order valence-electron chi connectivity index (χ2n) is 9.16. The highest BCUT2D eigenvalue weighted by atomic mass is 32.2. The Morgan fingerprint density at radius 2 is 1.78 bits per heavy atom. The van der Waals surface area contributed by atoms with Crippen molar-refractivity contribution in [3.63, 3.8) is 0 Å². The van der Waals surface area contributed by atoms with Crippen LogP contribution in [0, 0.1) is 6.92 Å². The van der Waals surface area contributed by atoms with E-state index in [-0.39, 0.29) is 17.6 Å². The molecule has 5 nitrogen and oxygen atoms in total. The first kappa shape index (κ1) is 26.6. The van der Waals surface area contributed by atoms with E-state index >= 15 is 0 Å². The Hall–Kier alpha value is -3.51. The minimum Gasteiger partial charge on any atom is -0.449 e. The number of hydrogen-bond donors (Lipinski definition) is 1. The summed E-state index contributed by atoms with van der Waals surface area (Å²) in [7, 11) is 0. The highest BCUT2D eigenvalue weighted by molar-refractivity contribution is 7.99. The summed E-state index contributed by atoms with van der Waals surface area (Å²) < 4.78 is 6.01. The van der Waals surface area contributed by atoms with Crippen molar-refractivity contribution in [2.45, 2.75) is 39.7 Å². The summed E-state index contributed by atoms with van der Waals surface area (Å²) in [5, 5.41) is 2.99. The van der Waals surface area contributed by atoms with E-state index in [4.69, 9.17) is 4.74 Å². The maximum absolute atomic E-state index is 13.5. The van der Waals surface area contributed by atoms with Crippen molar-refractivity contribution in [1.82, 2.24) is 5.32 Å². The lowest BCUT2D eigenvalue weighted by Crippen LogP contribution is -2.36. The fourth-order valence-corrected chi connectivity index (χ4v) is 5.17. The summed E-state index contributed by atoms with van der Waals surface area (Å²) in [6.07, 6.45) is 5.16. The van der Waals surface area contributed by atoms with Gasteiger partial charge in [0.05, 0.1) is 12.2 Å². The minimum atomic E-state index is -0.196. The third-order valence-electron chi connectivity index (χ3n) is 6.12. The van der Waals surface area contributed by atoms with Crippen molar-refractivity contribution in [3.05, 3.63) is 101 Å². The standard InChI is InChI=1S/C31H34N2O3S/c1-3-4-18-37-19-8-17-32-30(34)26-15-13-24(14-16-26)21-29-31(35)33(22-25-10-7-9-23(2)20-25)27-11-5-6-12-28(27)36-29/h5-7,9-16,20-21H,3-4,8,17-19,22H2,1-2H3,(H,32,34). The number of nitrogens with one attached hydrogen (secondary N) is 1. The highest BCUT2D eigenvalue weighted by Gasteiger charge is 2.30. The average Bonchev–Trinajstić information content (AvgIpc) is 2.91. The smallest absolute Gasteiger partial charge is 0.294 e. The fourth-order valence-electron chi connectivity index (χ4n) is 4.12. The predicted octanol–water partition coefficient (Wildman–Crippen LogP) is 6.61. The van der Waals surface area contributed by atoms with Gasteiger partial charge in [0, 0.05) is 12.1 Å². The minimum absolute atomic E-state index is 0.0824. The first-order chi connectivity index (χ1) is 18.0. The Labute approximate surface area is 223 Å². The number of hydrogen-bond acceptors (Lipinski definition) is 4. The van der Waals surface area contributed by atoms with Crippen molar-refractivity contribution in [2.75, 3.05) is 23.0 Å². The van der Waals surface area contributed by atoms with Crippen LogP contribution in [0.4, 0.5) is 5.69 Å². The summed E-state index contributed by atoms with van der Waals surface area (Å²) in [6.45, 7) is 5.36. The molecule has 0 atom stereocenters. The summed E-state index contributed by atoms with van der Waals surface area (Å²) >= 11 is 1.94. The molecule has 6 heteroatoms. The normalized spacial score (nSPS) is 13.8. The molecular weight excluding hydrogens is 480 g/mol. The molecule has 1 aliphatic heterocycles. The Morgan fingerprint density at radius 3 is 2.57 bits per heavy atom. The number of rotatable bonds is 11. The second-order valence-corrected chi connectivity index (χ2v) is 10.4. The van der Waals surface area contributed by atoms with Crippen LogP contribution in [0.5, 0.6) is 5.75 Å². The van der Waals surface area contributed by atoms with Gasteiger partial charge in [-0.25, -0.2) is 0 Å². The maximum atomic E-state index is 13.5. The van der Waals surface area contributed by atoms with Crippen molar-refractivity contribution < 1.29 is 14.3 Å². The maximum Gasteiger partial charge on any atom is 0.294 e. The molecule has 3 aromatic carbocycles. The molecule has 0 saturated heterocycles. The molecule has 0 radical (unpaired) electrons. The van der Waals surface area contributed by atoms with Crippen LogP contribution in [-0.4, -0.2) is 29.9 Å². The predicted molar refractivity (Wildman–Crippen MR) is 153 cm³/mol. The van der Waals surface area contributed by atoms with E-state index < -0.39 is 0 Å². The molecule has 192 valence electrons.